The van der Waals surface area contributed by atoms with Crippen molar-refractivity contribution in [2.75, 3.05) is 11.6 Å². The molecule has 0 saturated heterocycles. The monoisotopic (exact) mass is 357 g/mol. The van der Waals surface area contributed by atoms with Crippen molar-refractivity contribution in [2.45, 2.75) is 11.4 Å². The number of nitro groups is 1. The molecule has 0 aliphatic carbocycles. The first-order valence-electron chi connectivity index (χ1n) is 7.21. The Balaban J connectivity index is 1.82. The van der Waals surface area contributed by atoms with Crippen molar-refractivity contribution in [2.24, 2.45) is 0 Å². The van der Waals surface area contributed by atoms with Crippen LogP contribution in [0, 0.1) is 10.1 Å². The summed E-state index contributed by atoms with van der Waals surface area (Å²) >= 11 is 1.36. The number of hydrogen-bond acceptors (Lipinski definition) is 9. The van der Waals surface area contributed by atoms with Crippen molar-refractivity contribution in [3.63, 3.8) is 0 Å². The zero-order valence-electron chi connectivity index (χ0n) is 12.9. The molecule has 10 heteroatoms. The van der Waals surface area contributed by atoms with Gasteiger partial charge in [-0.15, -0.1) is 10.2 Å². The van der Waals surface area contributed by atoms with Gasteiger partial charge in [-0.1, -0.05) is 23.9 Å². The molecule has 25 heavy (non-hydrogen) atoms. The summed E-state index contributed by atoms with van der Waals surface area (Å²) < 4.78 is 11.2. The Labute approximate surface area is 145 Å². The van der Waals surface area contributed by atoms with Gasteiger partial charge in [-0.3, -0.25) is 10.1 Å². The molecule has 3 aromatic rings. The molecule has 9 nitrogen and oxygen atoms in total. The number of nitrogens with one attached hydrogen (secondary N) is 1. The molecule has 0 saturated carbocycles. The number of rotatable bonds is 3. The van der Waals surface area contributed by atoms with Crippen molar-refractivity contribution < 1.29 is 14.1 Å². The Morgan fingerprint density at radius 2 is 2.08 bits per heavy atom. The van der Waals surface area contributed by atoms with Gasteiger partial charge in [0.25, 0.3) is 0 Å². The summed E-state index contributed by atoms with van der Waals surface area (Å²) in [6, 6.07) is 10.1. The van der Waals surface area contributed by atoms with Gasteiger partial charge in [0.1, 0.15) is 16.4 Å². The van der Waals surface area contributed by atoms with Gasteiger partial charge in [0.2, 0.25) is 11.4 Å². The minimum absolute atomic E-state index is 0.263. The molecule has 0 fully saturated rings. The van der Waals surface area contributed by atoms with Crippen LogP contribution in [-0.2, 0) is 0 Å². The lowest BCUT2D eigenvalue weighted by molar-refractivity contribution is -0.402. The Kier molecular flexibility index (Phi) is 3.73. The predicted molar refractivity (Wildman–Crippen MR) is 89.4 cm³/mol. The SMILES string of the molecule is CSc1nnc2c(n1)N[C@@H](c1ccc([N+](=O)[O-])o1)Oc1ccccc1-2. The molecule has 1 aromatic carbocycles. The normalized spacial score (nSPS) is 15.3. The highest BCUT2D eigenvalue weighted by Gasteiger charge is 2.28. The minimum atomic E-state index is -0.789. The lowest BCUT2D eigenvalue weighted by atomic mass is 10.1. The zero-order valence-corrected chi connectivity index (χ0v) is 13.7. The van der Waals surface area contributed by atoms with E-state index in [-0.39, 0.29) is 11.6 Å². The third-order valence-electron chi connectivity index (χ3n) is 3.56. The van der Waals surface area contributed by atoms with Gasteiger partial charge in [-0.05, 0) is 24.5 Å². The predicted octanol–water partition coefficient (Wildman–Crippen LogP) is 3.26. The van der Waals surface area contributed by atoms with Crippen LogP contribution >= 0.6 is 11.8 Å². The first-order valence-corrected chi connectivity index (χ1v) is 8.43. The fraction of sp³-hybridized carbons (Fsp3) is 0.133. The first-order chi connectivity index (χ1) is 12.2. The molecule has 0 radical (unpaired) electrons. The third kappa shape index (κ3) is 2.76. The molecule has 3 heterocycles. The van der Waals surface area contributed by atoms with E-state index in [0.29, 0.717) is 22.4 Å². The molecular weight excluding hydrogens is 346 g/mol. The summed E-state index contributed by atoms with van der Waals surface area (Å²) in [7, 11) is 0. The molecule has 0 amide bonds. The molecular formula is C15H11N5O4S. The van der Waals surface area contributed by atoms with Crippen LogP contribution in [0.4, 0.5) is 11.7 Å². The summed E-state index contributed by atoms with van der Waals surface area (Å²) in [5, 5.41) is 22.7. The highest BCUT2D eigenvalue weighted by molar-refractivity contribution is 7.98. The number of nitrogens with zero attached hydrogens (tertiary/aromatic N) is 4. The van der Waals surface area contributed by atoms with E-state index in [1.54, 1.807) is 6.07 Å². The number of fused-ring (bicyclic) bond motifs is 3. The fourth-order valence-corrected chi connectivity index (χ4v) is 2.74. The number of anilines is 1. The molecule has 0 bridgehead atoms. The van der Waals surface area contributed by atoms with Crippen molar-refractivity contribution in [3.8, 4) is 17.0 Å². The third-order valence-corrected chi connectivity index (χ3v) is 4.09. The summed E-state index contributed by atoms with van der Waals surface area (Å²) in [4.78, 5) is 14.7. The van der Waals surface area contributed by atoms with Crippen LogP contribution < -0.4 is 10.1 Å². The van der Waals surface area contributed by atoms with E-state index in [9.17, 15) is 10.1 Å². The average molecular weight is 357 g/mol. The number of benzene rings is 1. The minimum Gasteiger partial charge on any atom is -0.462 e. The molecule has 2 aromatic heterocycles. The summed E-state index contributed by atoms with van der Waals surface area (Å²) in [5.41, 5.74) is 1.26. The lowest BCUT2D eigenvalue weighted by Crippen LogP contribution is -2.17. The van der Waals surface area contributed by atoms with Crippen LogP contribution in [0.5, 0.6) is 5.75 Å². The van der Waals surface area contributed by atoms with E-state index >= 15 is 0 Å². The average Bonchev–Trinajstić information content (AvgIpc) is 3.06. The Hall–Kier alpha value is -3.14. The van der Waals surface area contributed by atoms with Crippen LogP contribution in [0.25, 0.3) is 11.3 Å². The van der Waals surface area contributed by atoms with E-state index in [1.807, 2.05) is 24.5 Å². The fourth-order valence-electron chi connectivity index (χ4n) is 2.44. The number of aromatic nitrogens is 3. The molecule has 1 aliphatic rings. The van der Waals surface area contributed by atoms with Crippen LogP contribution in [0.3, 0.4) is 0 Å². The summed E-state index contributed by atoms with van der Waals surface area (Å²) in [5.74, 6) is 0.918. The van der Waals surface area contributed by atoms with E-state index in [0.717, 1.165) is 5.56 Å². The van der Waals surface area contributed by atoms with Crippen molar-refractivity contribution in [3.05, 3.63) is 52.3 Å². The molecule has 4 rings (SSSR count). The Bertz CT molecular complexity index is 961. The van der Waals surface area contributed by atoms with Crippen LogP contribution in [0.2, 0.25) is 0 Å². The largest absolute Gasteiger partial charge is 0.462 e. The van der Waals surface area contributed by atoms with Gasteiger partial charge < -0.3 is 14.5 Å². The summed E-state index contributed by atoms with van der Waals surface area (Å²) in [6.45, 7) is 0. The number of furan rings is 1. The van der Waals surface area contributed by atoms with E-state index < -0.39 is 11.2 Å². The van der Waals surface area contributed by atoms with E-state index in [4.69, 9.17) is 9.15 Å². The van der Waals surface area contributed by atoms with Crippen molar-refractivity contribution in [1.82, 2.24) is 15.2 Å². The van der Waals surface area contributed by atoms with Crippen molar-refractivity contribution >= 4 is 23.5 Å². The van der Waals surface area contributed by atoms with Gasteiger partial charge in [0.15, 0.2) is 11.6 Å². The maximum Gasteiger partial charge on any atom is 0.433 e. The van der Waals surface area contributed by atoms with Crippen LogP contribution in [0.1, 0.15) is 12.0 Å². The number of hydrogen-bond donors (Lipinski definition) is 1. The van der Waals surface area contributed by atoms with Gasteiger partial charge in [0, 0.05) is 5.56 Å². The van der Waals surface area contributed by atoms with Crippen LogP contribution in [0.15, 0.2) is 46.0 Å². The summed E-state index contributed by atoms with van der Waals surface area (Å²) in [6.07, 6.45) is 1.06. The van der Waals surface area contributed by atoms with E-state index in [1.165, 1.54) is 23.9 Å². The molecule has 1 N–H and O–H groups in total. The van der Waals surface area contributed by atoms with Gasteiger partial charge >= 0.3 is 5.88 Å². The zero-order chi connectivity index (χ0) is 17.4. The van der Waals surface area contributed by atoms with Gasteiger partial charge in [0.05, 0.1) is 6.07 Å². The lowest BCUT2D eigenvalue weighted by Gasteiger charge is -2.16. The molecule has 0 spiro atoms. The van der Waals surface area contributed by atoms with E-state index in [2.05, 4.69) is 20.5 Å². The van der Waals surface area contributed by atoms with Gasteiger partial charge in [-0.2, -0.15) is 0 Å². The second kappa shape index (κ2) is 6.06. The quantitative estimate of drug-likeness (QED) is 0.428. The number of ether oxygens (including phenoxy) is 1. The Morgan fingerprint density at radius 1 is 1.24 bits per heavy atom. The molecule has 126 valence electrons. The van der Waals surface area contributed by atoms with Crippen molar-refractivity contribution in [1.29, 1.82) is 0 Å². The number of thioether (sulfide) groups is 1. The molecule has 1 aliphatic heterocycles. The molecule has 0 unspecified atom stereocenters. The highest BCUT2D eigenvalue weighted by Crippen LogP contribution is 2.40. The van der Waals surface area contributed by atoms with Crippen LogP contribution in [-0.4, -0.2) is 26.4 Å². The maximum absolute atomic E-state index is 10.9. The highest BCUT2D eigenvalue weighted by atomic mass is 32.2. The Morgan fingerprint density at radius 3 is 2.84 bits per heavy atom. The second-order valence-electron chi connectivity index (χ2n) is 5.07. The molecule has 1 atom stereocenters. The number of para-hydroxylation sites is 1. The standard InChI is InChI=1S/C15H11N5O4S/c1-25-15-17-13-12(18-19-15)8-4-2-3-5-9(8)24-14(16-13)10-6-7-11(23-10)20(21)22/h2-7,14H,1H3,(H,16,17,19)/t14-/m1/s1. The van der Waals surface area contributed by atoms with Gasteiger partial charge in [-0.25, -0.2) is 4.98 Å². The smallest absolute Gasteiger partial charge is 0.433 e. The maximum atomic E-state index is 10.9. The topological polar surface area (TPSA) is 116 Å². The first kappa shape index (κ1) is 15.4. The second-order valence-corrected chi connectivity index (χ2v) is 5.84.